The molecule has 4 heteroatoms. The van der Waals surface area contributed by atoms with Crippen molar-refractivity contribution < 1.29 is 9.52 Å². The quantitative estimate of drug-likeness (QED) is 0.300. The Labute approximate surface area is 190 Å². The summed E-state index contributed by atoms with van der Waals surface area (Å²) in [6, 6.07) is 34.9. The maximum absolute atomic E-state index is 13.2. The van der Waals surface area contributed by atoms with E-state index in [-0.39, 0.29) is 11.3 Å². The third-order valence-corrected chi connectivity index (χ3v) is 6.65. The molecular formula is C28H20O3S. The molecule has 3 nitrogen and oxygen atoms in total. The summed E-state index contributed by atoms with van der Waals surface area (Å²) in [6.07, 6.45) is 0. The van der Waals surface area contributed by atoms with Crippen molar-refractivity contribution in [1.82, 2.24) is 0 Å². The Morgan fingerprint density at radius 1 is 0.719 bits per heavy atom. The van der Waals surface area contributed by atoms with Gasteiger partial charge in [-0.2, -0.15) is 0 Å². The van der Waals surface area contributed by atoms with Gasteiger partial charge in [0.05, 0.1) is 10.8 Å². The van der Waals surface area contributed by atoms with Gasteiger partial charge in [-0.3, -0.25) is 0 Å². The minimum Gasteiger partial charge on any atom is -0.507 e. The second kappa shape index (κ2) is 8.77. The van der Waals surface area contributed by atoms with Crippen molar-refractivity contribution >= 4 is 22.5 Å². The van der Waals surface area contributed by atoms with Crippen LogP contribution in [0.1, 0.15) is 16.4 Å². The fourth-order valence-corrected chi connectivity index (χ4v) is 4.98. The van der Waals surface area contributed by atoms with E-state index in [0.717, 1.165) is 26.8 Å². The molecule has 156 valence electrons. The normalized spacial score (nSPS) is 12.0. The molecule has 0 saturated carbocycles. The number of thioether (sulfide) groups is 1. The Morgan fingerprint density at radius 3 is 2.09 bits per heavy atom. The van der Waals surface area contributed by atoms with Crippen LogP contribution in [0.2, 0.25) is 0 Å². The zero-order valence-electron chi connectivity index (χ0n) is 17.1. The summed E-state index contributed by atoms with van der Waals surface area (Å²) < 4.78 is 5.67. The van der Waals surface area contributed by atoms with E-state index in [1.54, 1.807) is 0 Å². The van der Waals surface area contributed by atoms with Crippen LogP contribution in [0.4, 0.5) is 0 Å². The molecule has 1 atom stereocenters. The summed E-state index contributed by atoms with van der Waals surface area (Å²) >= 11 is 1.51. The Kier molecular flexibility index (Phi) is 5.53. The second-order valence-corrected chi connectivity index (χ2v) is 8.66. The summed E-state index contributed by atoms with van der Waals surface area (Å²) in [5.74, 6) is 0.278. The lowest BCUT2D eigenvalue weighted by Gasteiger charge is -2.19. The van der Waals surface area contributed by atoms with Gasteiger partial charge in [0, 0.05) is 16.5 Å². The van der Waals surface area contributed by atoms with Crippen molar-refractivity contribution in [2.45, 2.75) is 10.1 Å². The molecule has 1 unspecified atom stereocenters. The van der Waals surface area contributed by atoms with Crippen LogP contribution in [0.15, 0.2) is 123 Å². The Morgan fingerprint density at radius 2 is 1.38 bits per heavy atom. The molecular weight excluding hydrogens is 416 g/mol. The van der Waals surface area contributed by atoms with E-state index in [0.29, 0.717) is 5.76 Å². The van der Waals surface area contributed by atoms with Crippen molar-refractivity contribution in [2.75, 3.05) is 0 Å². The lowest BCUT2D eigenvalue weighted by atomic mass is 10.0. The van der Waals surface area contributed by atoms with Gasteiger partial charge in [0.15, 0.2) is 0 Å². The maximum atomic E-state index is 13.2. The summed E-state index contributed by atoms with van der Waals surface area (Å²) in [6.45, 7) is 0. The summed E-state index contributed by atoms with van der Waals surface area (Å²) in [5.41, 5.74) is 1.37. The maximum Gasteiger partial charge on any atom is 0.344 e. The highest BCUT2D eigenvalue weighted by Crippen LogP contribution is 2.43. The number of hydrogen-bond acceptors (Lipinski definition) is 4. The topological polar surface area (TPSA) is 50.4 Å². The summed E-state index contributed by atoms with van der Waals surface area (Å²) in [4.78, 5) is 14.2. The first-order valence-electron chi connectivity index (χ1n) is 10.3. The van der Waals surface area contributed by atoms with Gasteiger partial charge < -0.3 is 9.52 Å². The minimum atomic E-state index is -0.537. The van der Waals surface area contributed by atoms with Crippen LogP contribution in [0.3, 0.4) is 0 Å². The van der Waals surface area contributed by atoms with Crippen LogP contribution < -0.4 is 5.63 Å². The van der Waals surface area contributed by atoms with Crippen LogP contribution in [0.25, 0.3) is 22.1 Å². The number of aromatic hydroxyl groups is 1. The van der Waals surface area contributed by atoms with Crippen LogP contribution >= 0.6 is 11.8 Å². The highest BCUT2D eigenvalue weighted by molar-refractivity contribution is 7.99. The molecule has 5 aromatic rings. The van der Waals surface area contributed by atoms with Gasteiger partial charge in [0.1, 0.15) is 11.5 Å². The Bertz CT molecular complexity index is 1430. The molecule has 0 spiro atoms. The highest BCUT2D eigenvalue weighted by Gasteiger charge is 2.25. The molecule has 0 radical (unpaired) electrons. The van der Waals surface area contributed by atoms with Gasteiger partial charge >= 0.3 is 5.63 Å². The third kappa shape index (κ3) is 4.05. The molecule has 1 heterocycles. The van der Waals surface area contributed by atoms with Crippen LogP contribution in [0.5, 0.6) is 5.75 Å². The molecule has 5 rings (SSSR count). The Hall–Kier alpha value is -3.76. The molecule has 0 saturated heterocycles. The molecule has 0 aliphatic carbocycles. The largest absolute Gasteiger partial charge is 0.507 e. The van der Waals surface area contributed by atoms with E-state index in [4.69, 9.17) is 4.42 Å². The number of fused-ring (bicyclic) bond motifs is 1. The van der Waals surface area contributed by atoms with Crippen molar-refractivity contribution in [3.8, 4) is 17.1 Å². The molecule has 0 aliphatic rings. The average Bonchev–Trinajstić information content (AvgIpc) is 2.84. The number of benzene rings is 4. The van der Waals surface area contributed by atoms with Crippen molar-refractivity contribution in [1.29, 1.82) is 0 Å². The fraction of sp³-hybridized carbons (Fsp3) is 0.0357. The molecule has 0 fully saturated rings. The molecule has 0 aliphatic heterocycles. The standard InChI is InChI=1S/C28H20O3S/c29-24-18-25(20-10-3-1-4-11-20)31-28(30)26(24)27(32-23-13-5-2-6-14-23)22-16-15-19-9-7-8-12-21(19)17-22/h1-18,27,29H. The van der Waals surface area contributed by atoms with E-state index >= 15 is 0 Å². The van der Waals surface area contributed by atoms with E-state index in [1.807, 2.05) is 91.0 Å². The molecule has 0 amide bonds. The SMILES string of the molecule is O=c1oc(-c2ccccc2)cc(O)c1C(Sc1ccccc1)c1ccc2ccccc2c1. The van der Waals surface area contributed by atoms with Crippen LogP contribution in [0, 0.1) is 0 Å². The first-order chi connectivity index (χ1) is 15.7. The number of rotatable bonds is 5. The first kappa shape index (κ1) is 20.2. The third-order valence-electron chi connectivity index (χ3n) is 5.36. The van der Waals surface area contributed by atoms with Gasteiger partial charge in [0.25, 0.3) is 0 Å². The van der Waals surface area contributed by atoms with E-state index in [2.05, 4.69) is 12.1 Å². The van der Waals surface area contributed by atoms with Gasteiger partial charge in [-0.25, -0.2) is 4.79 Å². The van der Waals surface area contributed by atoms with Crippen molar-refractivity contribution in [3.63, 3.8) is 0 Å². The van der Waals surface area contributed by atoms with E-state index < -0.39 is 10.9 Å². The second-order valence-electron chi connectivity index (χ2n) is 7.48. The lowest BCUT2D eigenvalue weighted by molar-refractivity contribution is 0.442. The van der Waals surface area contributed by atoms with Crippen molar-refractivity contribution in [2.24, 2.45) is 0 Å². The van der Waals surface area contributed by atoms with Crippen molar-refractivity contribution in [3.05, 3.63) is 131 Å². The van der Waals surface area contributed by atoms with Crippen LogP contribution in [-0.4, -0.2) is 5.11 Å². The lowest BCUT2D eigenvalue weighted by Crippen LogP contribution is -2.12. The molecule has 1 N–H and O–H groups in total. The molecule has 1 aromatic heterocycles. The fourth-order valence-electron chi connectivity index (χ4n) is 3.78. The zero-order chi connectivity index (χ0) is 21.9. The molecule has 4 aromatic carbocycles. The smallest absolute Gasteiger partial charge is 0.344 e. The predicted octanol–water partition coefficient (Wildman–Crippen LogP) is 7.05. The number of hydrogen-bond donors (Lipinski definition) is 1. The first-order valence-corrected chi connectivity index (χ1v) is 11.2. The van der Waals surface area contributed by atoms with Gasteiger partial charge in [-0.1, -0.05) is 84.9 Å². The summed E-state index contributed by atoms with van der Waals surface area (Å²) in [7, 11) is 0. The monoisotopic (exact) mass is 436 g/mol. The van der Waals surface area contributed by atoms with Crippen LogP contribution in [-0.2, 0) is 0 Å². The van der Waals surface area contributed by atoms with Gasteiger partial charge in [-0.05, 0) is 34.5 Å². The zero-order valence-corrected chi connectivity index (χ0v) is 18.0. The highest BCUT2D eigenvalue weighted by atomic mass is 32.2. The minimum absolute atomic E-state index is 0.0679. The van der Waals surface area contributed by atoms with E-state index in [1.165, 1.54) is 17.8 Å². The van der Waals surface area contributed by atoms with E-state index in [9.17, 15) is 9.90 Å². The van der Waals surface area contributed by atoms with Gasteiger partial charge in [-0.15, -0.1) is 11.8 Å². The molecule has 0 bridgehead atoms. The molecule has 32 heavy (non-hydrogen) atoms. The average molecular weight is 437 g/mol. The Balaban J connectivity index is 1.65. The predicted molar refractivity (Wildman–Crippen MR) is 130 cm³/mol. The summed E-state index contributed by atoms with van der Waals surface area (Å²) in [5, 5.41) is 12.8. The van der Waals surface area contributed by atoms with Gasteiger partial charge in [0.2, 0.25) is 0 Å².